The van der Waals surface area contributed by atoms with E-state index < -0.39 is 11.8 Å². The number of nitrogens with zero attached hydrogens (tertiary/aromatic N) is 1. The summed E-state index contributed by atoms with van der Waals surface area (Å²) in [5, 5.41) is 3.19. The van der Waals surface area contributed by atoms with Crippen molar-refractivity contribution in [1.29, 1.82) is 0 Å². The quantitative estimate of drug-likeness (QED) is 0.561. The summed E-state index contributed by atoms with van der Waals surface area (Å²) in [6, 6.07) is 14.5. The van der Waals surface area contributed by atoms with Gasteiger partial charge in [0.1, 0.15) is 11.5 Å². The molecule has 164 valence electrons. The summed E-state index contributed by atoms with van der Waals surface area (Å²) in [7, 11) is 3.06. The number of nitrogens with one attached hydrogen (secondary N) is 1. The first-order valence-electron chi connectivity index (χ1n) is 10.1. The van der Waals surface area contributed by atoms with Crippen LogP contribution in [-0.2, 0) is 16.1 Å². The Morgan fingerprint density at radius 2 is 1.62 bits per heavy atom. The van der Waals surface area contributed by atoms with Crippen LogP contribution in [0.15, 0.2) is 64.9 Å². The van der Waals surface area contributed by atoms with E-state index >= 15 is 0 Å². The third kappa shape index (κ3) is 3.97. The minimum atomic E-state index is -0.421. The molecular weight excluding hydrogens is 408 g/mol. The second kappa shape index (κ2) is 8.63. The number of aryl methyl sites for hydroxylation is 2. The molecule has 1 N–H and O–H groups in total. The molecule has 0 aliphatic carbocycles. The van der Waals surface area contributed by atoms with Crippen LogP contribution in [0.2, 0.25) is 0 Å². The number of carbonyl (C=O) groups excluding carboxylic acids is 2. The maximum Gasteiger partial charge on any atom is 0.278 e. The van der Waals surface area contributed by atoms with Gasteiger partial charge in [0.05, 0.1) is 32.6 Å². The van der Waals surface area contributed by atoms with Crippen molar-refractivity contribution < 1.29 is 23.5 Å². The van der Waals surface area contributed by atoms with Crippen LogP contribution < -0.4 is 14.8 Å². The fraction of sp³-hybridized carbons (Fsp3) is 0.200. The fourth-order valence-corrected chi connectivity index (χ4v) is 3.84. The molecule has 3 aromatic rings. The molecule has 1 aromatic heterocycles. The van der Waals surface area contributed by atoms with Crippen LogP contribution >= 0.6 is 0 Å². The lowest BCUT2D eigenvalue weighted by molar-refractivity contribution is -0.137. The Labute approximate surface area is 186 Å². The third-order valence-electron chi connectivity index (χ3n) is 5.23. The number of methoxy groups -OCH3 is 2. The number of anilines is 1. The summed E-state index contributed by atoms with van der Waals surface area (Å²) in [4.78, 5) is 28.0. The maximum atomic E-state index is 13.4. The number of imide groups is 1. The lowest BCUT2D eigenvalue weighted by Gasteiger charge is -2.14. The van der Waals surface area contributed by atoms with E-state index in [9.17, 15) is 9.59 Å². The Kier molecular flexibility index (Phi) is 5.73. The number of benzene rings is 2. The number of carbonyl (C=O) groups is 2. The maximum absolute atomic E-state index is 13.4. The minimum absolute atomic E-state index is 0.0412. The van der Waals surface area contributed by atoms with Crippen molar-refractivity contribution in [1.82, 2.24) is 4.90 Å². The van der Waals surface area contributed by atoms with Crippen molar-refractivity contribution in [3.63, 3.8) is 0 Å². The van der Waals surface area contributed by atoms with Gasteiger partial charge in [0.25, 0.3) is 11.8 Å². The molecule has 2 aromatic carbocycles. The Hall–Kier alpha value is -4.00. The monoisotopic (exact) mass is 432 g/mol. The molecular formula is C25H24N2O5. The van der Waals surface area contributed by atoms with Gasteiger partial charge in [-0.2, -0.15) is 0 Å². The number of amides is 2. The number of hydrogen-bond acceptors (Lipinski definition) is 6. The van der Waals surface area contributed by atoms with Crippen LogP contribution in [0.1, 0.15) is 22.5 Å². The van der Waals surface area contributed by atoms with Gasteiger partial charge in [-0.1, -0.05) is 12.1 Å². The summed E-state index contributed by atoms with van der Waals surface area (Å²) in [6.45, 7) is 4.00. The number of hydrogen-bond donors (Lipinski definition) is 1. The molecule has 0 fully saturated rings. The van der Waals surface area contributed by atoms with E-state index in [4.69, 9.17) is 13.9 Å². The standard InChI is InChI=1S/C25H24N2O5/c1-15-10-16(2)12-18(11-15)26-23-22(17-7-8-20(30-3)21(13-17)31-4)24(28)27(25(23)29)14-19-6-5-9-32-19/h5-13,26H,14H2,1-4H3. The number of furan rings is 1. The first-order valence-corrected chi connectivity index (χ1v) is 10.1. The lowest BCUT2D eigenvalue weighted by Crippen LogP contribution is -2.31. The third-order valence-corrected chi connectivity index (χ3v) is 5.23. The molecule has 7 heteroatoms. The van der Waals surface area contributed by atoms with Gasteiger partial charge in [0.2, 0.25) is 0 Å². The highest BCUT2D eigenvalue weighted by atomic mass is 16.5. The fourth-order valence-electron chi connectivity index (χ4n) is 3.84. The second-order valence-electron chi connectivity index (χ2n) is 7.60. The normalized spacial score (nSPS) is 13.7. The van der Waals surface area contributed by atoms with Crippen molar-refractivity contribution in [2.75, 3.05) is 19.5 Å². The summed E-state index contributed by atoms with van der Waals surface area (Å²) in [5.41, 5.74) is 3.85. The van der Waals surface area contributed by atoms with E-state index in [1.54, 1.807) is 37.4 Å². The summed E-state index contributed by atoms with van der Waals surface area (Å²) >= 11 is 0. The van der Waals surface area contributed by atoms with Gasteiger partial charge in [0, 0.05) is 5.69 Å². The van der Waals surface area contributed by atoms with Gasteiger partial charge in [-0.3, -0.25) is 14.5 Å². The van der Waals surface area contributed by atoms with Gasteiger partial charge in [-0.15, -0.1) is 0 Å². The predicted molar refractivity (Wildman–Crippen MR) is 120 cm³/mol. The topological polar surface area (TPSA) is 81.0 Å². The Morgan fingerprint density at radius 3 is 2.25 bits per heavy atom. The lowest BCUT2D eigenvalue weighted by atomic mass is 10.0. The minimum Gasteiger partial charge on any atom is -0.493 e. The van der Waals surface area contributed by atoms with E-state index in [1.165, 1.54) is 18.3 Å². The molecule has 2 heterocycles. The van der Waals surface area contributed by atoms with Crippen molar-refractivity contribution in [3.05, 3.63) is 82.9 Å². The number of ether oxygens (including phenoxy) is 2. The van der Waals surface area contributed by atoms with Crippen LogP contribution in [0.25, 0.3) is 5.57 Å². The second-order valence-corrected chi connectivity index (χ2v) is 7.60. The zero-order valence-electron chi connectivity index (χ0n) is 18.4. The van der Waals surface area contributed by atoms with Crippen molar-refractivity contribution in [2.45, 2.75) is 20.4 Å². The molecule has 0 unspecified atom stereocenters. The van der Waals surface area contributed by atoms with Gasteiger partial charge >= 0.3 is 0 Å². The van der Waals surface area contributed by atoms with Gasteiger partial charge in [-0.25, -0.2) is 0 Å². The van der Waals surface area contributed by atoms with Crippen molar-refractivity contribution in [3.8, 4) is 11.5 Å². The van der Waals surface area contributed by atoms with Crippen LogP contribution in [0.3, 0.4) is 0 Å². The molecule has 32 heavy (non-hydrogen) atoms. The number of rotatable bonds is 7. The van der Waals surface area contributed by atoms with Crippen LogP contribution in [-0.4, -0.2) is 30.9 Å². The van der Waals surface area contributed by atoms with E-state index in [1.807, 2.05) is 32.0 Å². The summed E-state index contributed by atoms with van der Waals surface area (Å²) in [5.74, 6) is 0.685. The van der Waals surface area contributed by atoms with Crippen molar-refractivity contribution in [2.24, 2.45) is 0 Å². The first-order chi connectivity index (χ1) is 15.4. The average molecular weight is 432 g/mol. The highest BCUT2D eigenvalue weighted by Gasteiger charge is 2.40. The SMILES string of the molecule is COc1ccc(C2=C(Nc3cc(C)cc(C)c3)C(=O)N(Cc3ccco3)C2=O)cc1OC. The molecule has 0 saturated carbocycles. The molecule has 0 saturated heterocycles. The van der Waals surface area contributed by atoms with E-state index in [2.05, 4.69) is 5.32 Å². The zero-order chi connectivity index (χ0) is 22.8. The average Bonchev–Trinajstić information content (AvgIpc) is 3.35. The molecule has 1 aliphatic rings. The Bertz CT molecular complexity index is 1190. The highest BCUT2D eigenvalue weighted by molar-refractivity contribution is 6.36. The zero-order valence-corrected chi connectivity index (χ0v) is 18.4. The molecule has 7 nitrogen and oxygen atoms in total. The molecule has 4 rings (SSSR count). The van der Waals surface area contributed by atoms with Crippen LogP contribution in [0.4, 0.5) is 5.69 Å². The highest BCUT2D eigenvalue weighted by Crippen LogP contribution is 2.36. The van der Waals surface area contributed by atoms with E-state index in [-0.39, 0.29) is 17.8 Å². The Morgan fingerprint density at radius 1 is 0.906 bits per heavy atom. The summed E-state index contributed by atoms with van der Waals surface area (Å²) < 4.78 is 16.1. The van der Waals surface area contributed by atoms with Gasteiger partial charge in [0.15, 0.2) is 11.5 Å². The molecule has 0 bridgehead atoms. The first kappa shape index (κ1) is 21.2. The Balaban J connectivity index is 1.81. The van der Waals surface area contributed by atoms with Crippen LogP contribution in [0.5, 0.6) is 11.5 Å². The largest absolute Gasteiger partial charge is 0.493 e. The van der Waals surface area contributed by atoms with E-state index in [0.29, 0.717) is 22.8 Å². The molecule has 1 aliphatic heterocycles. The smallest absolute Gasteiger partial charge is 0.278 e. The molecule has 2 amide bonds. The molecule has 0 spiro atoms. The summed E-state index contributed by atoms with van der Waals surface area (Å²) in [6.07, 6.45) is 1.51. The predicted octanol–water partition coefficient (Wildman–Crippen LogP) is 4.31. The van der Waals surface area contributed by atoms with Crippen LogP contribution in [0, 0.1) is 13.8 Å². The molecule has 0 radical (unpaired) electrons. The van der Waals surface area contributed by atoms with Gasteiger partial charge in [-0.05, 0) is 66.9 Å². The van der Waals surface area contributed by atoms with Crippen molar-refractivity contribution >= 4 is 23.1 Å². The van der Waals surface area contributed by atoms with E-state index in [0.717, 1.165) is 16.8 Å². The molecule has 0 atom stereocenters. The van der Waals surface area contributed by atoms with Gasteiger partial charge < -0.3 is 19.2 Å².